The summed E-state index contributed by atoms with van der Waals surface area (Å²) in [5, 5.41) is 4.52. The summed E-state index contributed by atoms with van der Waals surface area (Å²) in [4.78, 5) is 29.9. The summed E-state index contributed by atoms with van der Waals surface area (Å²) in [6.45, 7) is 5.96. The van der Waals surface area contributed by atoms with Gasteiger partial charge in [-0.15, -0.1) is 11.3 Å². The lowest BCUT2D eigenvalue weighted by Gasteiger charge is -2.28. The monoisotopic (exact) mass is 421 g/mol. The summed E-state index contributed by atoms with van der Waals surface area (Å²) in [7, 11) is 1.67. The Morgan fingerprint density at radius 1 is 1.30 bits per heavy atom. The molecule has 1 N–H and O–H groups in total. The van der Waals surface area contributed by atoms with Gasteiger partial charge in [-0.3, -0.25) is 9.79 Å². The van der Waals surface area contributed by atoms with Crippen molar-refractivity contribution in [2.45, 2.75) is 33.4 Å². The van der Waals surface area contributed by atoms with Crippen LogP contribution < -0.4 is 10.1 Å². The summed E-state index contributed by atoms with van der Waals surface area (Å²) >= 11 is 1.65. The molecule has 0 saturated carbocycles. The van der Waals surface area contributed by atoms with Crippen molar-refractivity contribution in [1.29, 1.82) is 0 Å². The summed E-state index contributed by atoms with van der Waals surface area (Å²) in [5.41, 5.74) is 4.36. The zero-order chi connectivity index (χ0) is 20.8. The maximum absolute atomic E-state index is 12.5. The van der Waals surface area contributed by atoms with Gasteiger partial charge in [0.25, 0.3) is 0 Å². The molecule has 0 atom stereocenters. The Kier molecular flexibility index (Phi) is 4.66. The van der Waals surface area contributed by atoms with Crippen LogP contribution in [0, 0.1) is 5.92 Å². The van der Waals surface area contributed by atoms with Crippen molar-refractivity contribution >= 4 is 45.2 Å². The lowest BCUT2D eigenvalue weighted by atomic mass is 10.0. The average Bonchev–Trinajstić information content (AvgIpc) is 3.35. The first-order valence-electron chi connectivity index (χ1n) is 10.1. The maximum atomic E-state index is 12.5. The summed E-state index contributed by atoms with van der Waals surface area (Å²) in [5.74, 6) is 1.75. The molecule has 0 fully saturated rings. The molecule has 2 aliphatic rings. The second-order valence-electron chi connectivity index (χ2n) is 7.92. The van der Waals surface area contributed by atoms with Crippen molar-refractivity contribution in [1.82, 2.24) is 14.9 Å². The standard InChI is InChI=1S/C22H23N5O2S/c1-12(2)22(28)27-5-4-15-18(10-27)30-21-19(15)20(24-11-25-21)26-16-6-13-8-23-9-14(13)7-17(16)29-3/h6-8,11-12H,4-5,9-10H2,1-3H3,(H,24,25,26). The van der Waals surface area contributed by atoms with Crippen LogP contribution in [0.1, 0.15) is 35.4 Å². The minimum Gasteiger partial charge on any atom is -0.495 e. The van der Waals surface area contributed by atoms with E-state index in [1.54, 1.807) is 24.8 Å². The van der Waals surface area contributed by atoms with Crippen LogP contribution in [-0.2, 0) is 24.3 Å². The van der Waals surface area contributed by atoms with E-state index >= 15 is 0 Å². The van der Waals surface area contributed by atoms with E-state index in [2.05, 4.69) is 26.3 Å². The number of aliphatic imine (C=N–C) groups is 1. The quantitative estimate of drug-likeness (QED) is 0.691. The van der Waals surface area contributed by atoms with Crippen LogP contribution >= 0.6 is 11.3 Å². The third-order valence-electron chi connectivity index (χ3n) is 5.65. The second kappa shape index (κ2) is 7.36. The smallest absolute Gasteiger partial charge is 0.225 e. The molecule has 0 unspecified atom stereocenters. The Balaban J connectivity index is 1.53. The van der Waals surface area contributed by atoms with E-state index in [0.29, 0.717) is 13.1 Å². The van der Waals surface area contributed by atoms with Crippen molar-refractivity contribution in [2.75, 3.05) is 19.0 Å². The molecule has 4 heterocycles. The first kappa shape index (κ1) is 19.0. The molecule has 2 aromatic heterocycles. The van der Waals surface area contributed by atoms with Gasteiger partial charge >= 0.3 is 0 Å². The number of hydrogen-bond donors (Lipinski definition) is 1. The summed E-state index contributed by atoms with van der Waals surface area (Å²) < 4.78 is 5.61. The number of carbonyl (C=O) groups excluding carboxylic acids is 1. The second-order valence-corrected chi connectivity index (χ2v) is 9.00. The first-order chi connectivity index (χ1) is 14.5. The maximum Gasteiger partial charge on any atom is 0.225 e. The number of ether oxygens (including phenoxy) is 1. The molecule has 3 aromatic rings. The molecule has 0 bridgehead atoms. The summed E-state index contributed by atoms with van der Waals surface area (Å²) in [6.07, 6.45) is 4.29. The Bertz CT molecular complexity index is 1180. The number of fused-ring (bicyclic) bond motifs is 4. The van der Waals surface area contributed by atoms with Crippen molar-refractivity contribution in [2.24, 2.45) is 10.9 Å². The van der Waals surface area contributed by atoms with Crippen LogP contribution in [0.5, 0.6) is 5.75 Å². The number of aromatic nitrogens is 2. The van der Waals surface area contributed by atoms with Gasteiger partial charge in [-0.25, -0.2) is 9.97 Å². The zero-order valence-electron chi connectivity index (χ0n) is 17.2. The molecule has 7 nitrogen and oxygen atoms in total. The number of nitrogens with zero attached hydrogens (tertiary/aromatic N) is 4. The average molecular weight is 422 g/mol. The minimum atomic E-state index is 0.00811. The van der Waals surface area contributed by atoms with E-state index in [9.17, 15) is 4.79 Å². The minimum absolute atomic E-state index is 0.00811. The molecule has 0 saturated heterocycles. The molecule has 0 spiro atoms. The number of hydrogen-bond acceptors (Lipinski definition) is 7. The fourth-order valence-electron chi connectivity index (χ4n) is 4.11. The van der Waals surface area contributed by atoms with Crippen molar-refractivity contribution in [3.8, 4) is 5.75 Å². The number of thiophene rings is 1. The number of methoxy groups -OCH3 is 1. The molecule has 30 heavy (non-hydrogen) atoms. The van der Waals surface area contributed by atoms with Gasteiger partial charge in [0.2, 0.25) is 5.91 Å². The van der Waals surface area contributed by atoms with Gasteiger partial charge in [0, 0.05) is 23.6 Å². The molecule has 1 aromatic carbocycles. The molecule has 8 heteroatoms. The number of nitrogens with one attached hydrogen (secondary N) is 1. The predicted molar refractivity (Wildman–Crippen MR) is 119 cm³/mol. The molecule has 0 radical (unpaired) electrons. The molecule has 2 aliphatic heterocycles. The van der Waals surface area contributed by atoms with Crippen LogP contribution in [-0.4, -0.2) is 40.6 Å². The van der Waals surface area contributed by atoms with Crippen molar-refractivity contribution in [3.05, 3.63) is 40.0 Å². The van der Waals surface area contributed by atoms with Crippen molar-refractivity contribution < 1.29 is 9.53 Å². The lowest BCUT2D eigenvalue weighted by molar-refractivity contribution is -0.135. The first-order valence-corrected chi connectivity index (χ1v) is 10.9. The third kappa shape index (κ3) is 3.11. The highest BCUT2D eigenvalue weighted by Crippen LogP contribution is 2.40. The van der Waals surface area contributed by atoms with Gasteiger partial charge in [-0.05, 0) is 35.2 Å². The Labute approximate surface area is 178 Å². The third-order valence-corrected chi connectivity index (χ3v) is 6.77. The van der Waals surface area contributed by atoms with Crippen LogP contribution in [0.15, 0.2) is 23.5 Å². The molecule has 0 aliphatic carbocycles. The largest absolute Gasteiger partial charge is 0.495 e. The van der Waals surface area contributed by atoms with Gasteiger partial charge < -0.3 is 15.0 Å². The van der Waals surface area contributed by atoms with Crippen LogP contribution in [0.3, 0.4) is 0 Å². The molecule has 154 valence electrons. The normalized spacial score (nSPS) is 14.9. The van der Waals surface area contributed by atoms with Gasteiger partial charge in [0.1, 0.15) is 22.7 Å². The van der Waals surface area contributed by atoms with E-state index in [1.165, 1.54) is 10.4 Å². The highest BCUT2D eigenvalue weighted by Gasteiger charge is 2.27. The van der Waals surface area contributed by atoms with Gasteiger partial charge in [-0.2, -0.15) is 0 Å². The number of rotatable bonds is 4. The lowest BCUT2D eigenvalue weighted by Crippen LogP contribution is -2.37. The predicted octanol–water partition coefficient (Wildman–Crippen LogP) is 3.92. The topological polar surface area (TPSA) is 79.7 Å². The number of anilines is 2. The Hall–Kier alpha value is -3.00. The fourth-order valence-corrected chi connectivity index (χ4v) is 5.31. The van der Waals surface area contributed by atoms with Crippen LogP contribution in [0.2, 0.25) is 0 Å². The van der Waals surface area contributed by atoms with Gasteiger partial charge in [0.05, 0.1) is 31.3 Å². The highest BCUT2D eigenvalue weighted by atomic mass is 32.1. The number of carbonyl (C=O) groups is 1. The van der Waals surface area contributed by atoms with E-state index in [1.807, 2.05) is 31.0 Å². The Morgan fingerprint density at radius 2 is 2.17 bits per heavy atom. The SMILES string of the molecule is COc1cc2c(cc1Nc1ncnc3sc4c(c13)CCN(C(=O)C(C)C)C4)C=NC2. The number of benzene rings is 1. The van der Waals surface area contributed by atoms with Crippen LogP contribution in [0.4, 0.5) is 11.5 Å². The van der Waals surface area contributed by atoms with E-state index in [-0.39, 0.29) is 11.8 Å². The Morgan fingerprint density at radius 3 is 2.97 bits per heavy atom. The molecule has 5 rings (SSSR count). The molecular formula is C22H23N5O2S. The summed E-state index contributed by atoms with van der Waals surface area (Å²) in [6, 6.07) is 4.09. The van der Waals surface area contributed by atoms with Gasteiger partial charge in [0.15, 0.2) is 0 Å². The highest BCUT2D eigenvalue weighted by molar-refractivity contribution is 7.19. The molecule has 1 amide bonds. The van der Waals surface area contributed by atoms with Crippen molar-refractivity contribution in [3.63, 3.8) is 0 Å². The van der Waals surface area contributed by atoms with Crippen LogP contribution in [0.25, 0.3) is 10.2 Å². The zero-order valence-corrected chi connectivity index (χ0v) is 18.0. The van der Waals surface area contributed by atoms with E-state index in [0.717, 1.165) is 51.6 Å². The number of amides is 1. The fraction of sp³-hybridized carbons (Fsp3) is 0.364. The van der Waals surface area contributed by atoms with Gasteiger partial charge in [-0.1, -0.05) is 13.8 Å². The molecular weight excluding hydrogens is 398 g/mol. The van der Waals surface area contributed by atoms with E-state index in [4.69, 9.17) is 4.74 Å². The van der Waals surface area contributed by atoms with E-state index < -0.39 is 0 Å².